The number of anilines is 1. The van der Waals surface area contributed by atoms with E-state index in [1.807, 2.05) is 19.1 Å². The molecule has 120 valence electrons. The molecule has 0 bridgehead atoms. The number of nitrogens with one attached hydrogen (secondary N) is 1. The van der Waals surface area contributed by atoms with Crippen LogP contribution >= 0.6 is 11.3 Å². The lowest BCUT2D eigenvalue weighted by atomic mass is 10.1. The van der Waals surface area contributed by atoms with Gasteiger partial charge in [0.05, 0.1) is 11.2 Å². The minimum Gasteiger partial charge on any atom is -0.341 e. The molecular formula is C19H17N3OS. The molecule has 1 amide bonds. The Morgan fingerprint density at radius 3 is 2.71 bits per heavy atom. The molecule has 5 heteroatoms. The third kappa shape index (κ3) is 2.29. The molecule has 0 aliphatic carbocycles. The number of rotatable bonds is 3. The van der Waals surface area contributed by atoms with E-state index in [0.29, 0.717) is 4.88 Å². The minimum atomic E-state index is -0.103. The fourth-order valence-corrected chi connectivity index (χ4v) is 3.88. The van der Waals surface area contributed by atoms with E-state index in [1.54, 1.807) is 5.51 Å². The highest BCUT2D eigenvalue weighted by Crippen LogP contribution is 2.31. The summed E-state index contributed by atoms with van der Waals surface area (Å²) in [5, 5.41) is 5.36. The SMILES string of the molecule is CCn1c2ccccc2c2cc(NC(=O)c3scnc3C)ccc21. The van der Waals surface area contributed by atoms with Crippen LogP contribution in [-0.4, -0.2) is 15.5 Å². The van der Waals surface area contributed by atoms with Crippen LogP contribution in [0, 0.1) is 6.92 Å². The number of fused-ring (bicyclic) bond motifs is 3. The standard InChI is InChI=1S/C19H17N3OS/c1-3-22-16-7-5-4-6-14(16)15-10-13(8-9-17(15)22)21-19(23)18-12(2)20-11-24-18/h4-11H,3H2,1-2H3,(H,21,23). The monoisotopic (exact) mass is 335 g/mol. The zero-order valence-corrected chi connectivity index (χ0v) is 14.4. The van der Waals surface area contributed by atoms with Gasteiger partial charge >= 0.3 is 0 Å². The van der Waals surface area contributed by atoms with Gasteiger partial charge in [-0.1, -0.05) is 18.2 Å². The summed E-state index contributed by atoms with van der Waals surface area (Å²) >= 11 is 1.36. The highest BCUT2D eigenvalue weighted by Gasteiger charge is 2.14. The first-order valence-corrected chi connectivity index (χ1v) is 8.79. The van der Waals surface area contributed by atoms with Crippen molar-refractivity contribution >= 4 is 44.7 Å². The number of carbonyl (C=O) groups is 1. The van der Waals surface area contributed by atoms with Crippen LogP contribution in [0.2, 0.25) is 0 Å². The number of carbonyl (C=O) groups excluding carboxylic acids is 1. The van der Waals surface area contributed by atoms with Crippen LogP contribution in [0.5, 0.6) is 0 Å². The third-order valence-corrected chi connectivity index (χ3v) is 5.23. The first-order chi connectivity index (χ1) is 11.7. The van der Waals surface area contributed by atoms with Crippen LogP contribution in [0.1, 0.15) is 22.3 Å². The Hall–Kier alpha value is -2.66. The highest BCUT2D eigenvalue weighted by atomic mass is 32.1. The van der Waals surface area contributed by atoms with Crippen LogP contribution < -0.4 is 5.32 Å². The largest absolute Gasteiger partial charge is 0.341 e. The van der Waals surface area contributed by atoms with Gasteiger partial charge in [-0.2, -0.15) is 0 Å². The normalized spacial score (nSPS) is 11.2. The number of hydrogen-bond donors (Lipinski definition) is 1. The van der Waals surface area contributed by atoms with E-state index in [2.05, 4.69) is 52.1 Å². The lowest BCUT2D eigenvalue weighted by molar-refractivity contribution is 0.103. The zero-order chi connectivity index (χ0) is 16.7. The van der Waals surface area contributed by atoms with Crippen molar-refractivity contribution in [2.45, 2.75) is 20.4 Å². The molecule has 2 heterocycles. The van der Waals surface area contributed by atoms with E-state index in [-0.39, 0.29) is 5.91 Å². The molecule has 4 nitrogen and oxygen atoms in total. The molecule has 4 aromatic rings. The minimum absolute atomic E-state index is 0.103. The topological polar surface area (TPSA) is 46.9 Å². The second kappa shape index (κ2) is 5.76. The third-order valence-electron chi connectivity index (χ3n) is 4.30. The molecule has 0 fully saturated rings. The van der Waals surface area contributed by atoms with Crippen molar-refractivity contribution in [2.75, 3.05) is 5.32 Å². The van der Waals surface area contributed by atoms with Crippen LogP contribution in [0.25, 0.3) is 21.8 Å². The molecule has 4 rings (SSSR count). The molecule has 0 saturated heterocycles. The Kier molecular flexibility index (Phi) is 3.58. The molecule has 24 heavy (non-hydrogen) atoms. The Morgan fingerprint density at radius 2 is 1.96 bits per heavy atom. The van der Waals surface area contributed by atoms with Gasteiger partial charge in [-0.15, -0.1) is 11.3 Å². The number of amides is 1. The van der Waals surface area contributed by atoms with Gasteiger partial charge in [0.25, 0.3) is 5.91 Å². The molecule has 0 unspecified atom stereocenters. The number of benzene rings is 2. The molecule has 0 aliphatic heterocycles. The summed E-state index contributed by atoms with van der Waals surface area (Å²) in [6, 6.07) is 14.5. The maximum absolute atomic E-state index is 12.4. The van der Waals surface area contributed by atoms with Crippen LogP contribution in [0.3, 0.4) is 0 Å². The predicted molar refractivity (Wildman–Crippen MR) is 99.9 cm³/mol. The molecule has 0 spiro atoms. The molecule has 0 atom stereocenters. The van der Waals surface area contributed by atoms with Gasteiger partial charge < -0.3 is 9.88 Å². The second-order valence-electron chi connectivity index (χ2n) is 5.71. The van der Waals surface area contributed by atoms with Crippen LogP contribution in [-0.2, 0) is 6.54 Å². The fourth-order valence-electron chi connectivity index (χ4n) is 3.18. The Morgan fingerprint density at radius 1 is 1.17 bits per heavy atom. The summed E-state index contributed by atoms with van der Waals surface area (Å²) in [7, 11) is 0. The van der Waals surface area contributed by atoms with Gasteiger partial charge in [0.2, 0.25) is 0 Å². The first-order valence-electron chi connectivity index (χ1n) is 7.91. The second-order valence-corrected chi connectivity index (χ2v) is 6.57. The summed E-state index contributed by atoms with van der Waals surface area (Å²) in [5.41, 5.74) is 5.67. The summed E-state index contributed by atoms with van der Waals surface area (Å²) < 4.78 is 2.30. The van der Waals surface area contributed by atoms with Crippen molar-refractivity contribution in [2.24, 2.45) is 0 Å². The average Bonchev–Trinajstić information content (AvgIpc) is 3.16. The van der Waals surface area contributed by atoms with Gasteiger partial charge in [0.1, 0.15) is 4.88 Å². The molecular weight excluding hydrogens is 318 g/mol. The smallest absolute Gasteiger partial charge is 0.267 e. The summed E-state index contributed by atoms with van der Waals surface area (Å²) in [5.74, 6) is -0.103. The van der Waals surface area contributed by atoms with E-state index in [0.717, 1.165) is 23.3 Å². The first kappa shape index (κ1) is 14.9. The van der Waals surface area contributed by atoms with Crippen LogP contribution in [0.15, 0.2) is 48.0 Å². The Bertz CT molecular complexity index is 1060. The molecule has 2 aromatic carbocycles. The van der Waals surface area contributed by atoms with Crippen molar-refractivity contribution in [1.29, 1.82) is 0 Å². The molecule has 0 radical (unpaired) electrons. The molecule has 0 saturated carbocycles. The van der Waals surface area contributed by atoms with Crippen molar-refractivity contribution < 1.29 is 4.79 Å². The Labute approximate surface area is 143 Å². The van der Waals surface area contributed by atoms with Crippen molar-refractivity contribution in [3.8, 4) is 0 Å². The summed E-state index contributed by atoms with van der Waals surface area (Å²) in [6.45, 7) is 4.91. The van der Waals surface area contributed by atoms with Crippen LogP contribution in [0.4, 0.5) is 5.69 Å². The van der Waals surface area contributed by atoms with E-state index >= 15 is 0 Å². The predicted octanol–water partition coefficient (Wildman–Crippen LogP) is 4.83. The summed E-state index contributed by atoms with van der Waals surface area (Å²) in [6.07, 6.45) is 0. The number of para-hydroxylation sites is 1. The van der Waals surface area contributed by atoms with Crippen molar-refractivity contribution in [1.82, 2.24) is 9.55 Å². The maximum atomic E-state index is 12.4. The lowest BCUT2D eigenvalue weighted by Gasteiger charge is -2.06. The summed E-state index contributed by atoms with van der Waals surface area (Å²) in [4.78, 5) is 17.2. The van der Waals surface area contributed by atoms with Crippen molar-refractivity contribution in [3.63, 3.8) is 0 Å². The van der Waals surface area contributed by atoms with E-state index in [1.165, 1.54) is 27.8 Å². The highest BCUT2D eigenvalue weighted by molar-refractivity contribution is 7.12. The van der Waals surface area contributed by atoms with Gasteiger partial charge in [0, 0.05) is 34.0 Å². The number of nitrogens with zero attached hydrogens (tertiary/aromatic N) is 2. The van der Waals surface area contributed by atoms with Gasteiger partial charge in [-0.05, 0) is 38.1 Å². The van der Waals surface area contributed by atoms with Gasteiger partial charge in [-0.3, -0.25) is 4.79 Å². The van der Waals surface area contributed by atoms with E-state index in [4.69, 9.17) is 0 Å². The number of aromatic nitrogens is 2. The van der Waals surface area contributed by atoms with Gasteiger partial charge in [-0.25, -0.2) is 4.98 Å². The number of aryl methyl sites for hydroxylation is 2. The lowest BCUT2D eigenvalue weighted by Crippen LogP contribution is -2.11. The zero-order valence-electron chi connectivity index (χ0n) is 13.5. The number of thiazole rings is 1. The maximum Gasteiger partial charge on any atom is 0.267 e. The quantitative estimate of drug-likeness (QED) is 0.583. The van der Waals surface area contributed by atoms with E-state index < -0.39 is 0 Å². The van der Waals surface area contributed by atoms with Crippen molar-refractivity contribution in [3.05, 3.63) is 58.5 Å². The fraction of sp³-hybridized carbons (Fsp3) is 0.158. The average molecular weight is 335 g/mol. The Balaban J connectivity index is 1.80. The van der Waals surface area contributed by atoms with E-state index in [9.17, 15) is 4.79 Å². The van der Waals surface area contributed by atoms with Gasteiger partial charge in [0.15, 0.2) is 0 Å². The molecule has 0 aliphatic rings. The molecule has 2 aromatic heterocycles. The molecule has 1 N–H and O–H groups in total. The number of hydrogen-bond acceptors (Lipinski definition) is 3.